The average Bonchev–Trinajstić information content (AvgIpc) is 2.27. The third-order valence-corrected chi connectivity index (χ3v) is 2.46. The van der Waals surface area contributed by atoms with Crippen LogP contribution in [0.2, 0.25) is 0 Å². The first-order valence-electron chi connectivity index (χ1n) is 5.61. The van der Waals surface area contributed by atoms with Crippen molar-refractivity contribution in [3.8, 4) is 0 Å². The van der Waals surface area contributed by atoms with Crippen molar-refractivity contribution in [1.29, 1.82) is 0 Å². The topological polar surface area (TPSA) is 52.1 Å². The molecule has 0 N–H and O–H groups in total. The van der Waals surface area contributed by atoms with Gasteiger partial charge in [-0.1, -0.05) is 13.8 Å². The predicted octanol–water partition coefficient (Wildman–Crippen LogP) is 2.48. The molecule has 16 heavy (non-hydrogen) atoms. The molecule has 1 heterocycles. The van der Waals surface area contributed by atoms with E-state index in [2.05, 4.69) is 23.8 Å². The van der Waals surface area contributed by atoms with Crippen molar-refractivity contribution in [3.63, 3.8) is 0 Å². The molecule has 0 saturated carbocycles. The Labute approximate surface area is 96.1 Å². The van der Waals surface area contributed by atoms with E-state index in [1.807, 2.05) is 0 Å². The van der Waals surface area contributed by atoms with E-state index in [-0.39, 0.29) is 5.97 Å². The van der Waals surface area contributed by atoms with Gasteiger partial charge in [0, 0.05) is 5.69 Å². The molecule has 4 heteroatoms. The highest BCUT2D eigenvalue weighted by atomic mass is 16.5. The summed E-state index contributed by atoms with van der Waals surface area (Å²) < 4.78 is 4.92. The number of aromatic nitrogens is 2. The number of carbonyl (C=O) groups excluding carboxylic acids is 1. The molecular formula is C12H18N2O2. The lowest BCUT2D eigenvalue weighted by molar-refractivity contribution is 0.0518. The lowest BCUT2D eigenvalue weighted by Gasteiger charge is -2.10. The van der Waals surface area contributed by atoms with Crippen LogP contribution in [0.5, 0.6) is 0 Å². The maximum absolute atomic E-state index is 11.5. The second kappa shape index (κ2) is 5.58. The molecule has 1 atom stereocenters. The van der Waals surface area contributed by atoms with Crippen LogP contribution < -0.4 is 0 Å². The maximum Gasteiger partial charge on any atom is 0.357 e. The van der Waals surface area contributed by atoms with Crippen LogP contribution in [0, 0.1) is 6.92 Å². The van der Waals surface area contributed by atoms with Crippen LogP contribution in [0.3, 0.4) is 0 Å². The molecule has 4 nitrogen and oxygen atoms in total. The van der Waals surface area contributed by atoms with E-state index >= 15 is 0 Å². The number of nitrogens with zero attached hydrogens (tertiary/aromatic N) is 2. The molecule has 1 rings (SSSR count). The smallest absolute Gasteiger partial charge is 0.357 e. The fraction of sp³-hybridized carbons (Fsp3) is 0.583. The van der Waals surface area contributed by atoms with Crippen LogP contribution in [-0.2, 0) is 4.74 Å². The summed E-state index contributed by atoms with van der Waals surface area (Å²) in [5.74, 6) is 0.563. The summed E-state index contributed by atoms with van der Waals surface area (Å²) in [5.41, 5.74) is 1.25. The lowest BCUT2D eigenvalue weighted by Crippen LogP contribution is -2.11. The lowest BCUT2D eigenvalue weighted by atomic mass is 10.0. The van der Waals surface area contributed by atoms with Crippen molar-refractivity contribution in [1.82, 2.24) is 9.97 Å². The summed E-state index contributed by atoms with van der Waals surface area (Å²) in [6.07, 6.45) is 0.985. The van der Waals surface area contributed by atoms with Crippen LogP contribution in [0.15, 0.2) is 6.07 Å². The van der Waals surface area contributed by atoms with Gasteiger partial charge in [0.05, 0.1) is 6.61 Å². The largest absolute Gasteiger partial charge is 0.461 e. The molecule has 0 aliphatic carbocycles. The minimum Gasteiger partial charge on any atom is -0.461 e. The van der Waals surface area contributed by atoms with Crippen molar-refractivity contribution >= 4 is 5.97 Å². The summed E-state index contributed by atoms with van der Waals surface area (Å²) in [5, 5.41) is 0. The van der Waals surface area contributed by atoms with Gasteiger partial charge in [-0.3, -0.25) is 0 Å². The Kier molecular flexibility index (Phi) is 4.40. The molecule has 1 aromatic rings. The van der Waals surface area contributed by atoms with Crippen LogP contribution in [0.1, 0.15) is 55.1 Å². The minimum atomic E-state index is -0.377. The summed E-state index contributed by atoms with van der Waals surface area (Å²) in [6.45, 7) is 8.10. The fourth-order valence-electron chi connectivity index (χ4n) is 1.36. The van der Waals surface area contributed by atoms with Crippen LogP contribution in [0.25, 0.3) is 0 Å². The molecule has 1 unspecified atom stereocenters. The number of ether oxygens (including phenoxy) is 1. The number of aryl methyl sites for hydroxylation is 1. The number of carbonyl (C=O) groups is 1. The highest BCUT2D eigenvalue weighted by molar-refractivity contribution is 5.87. The molecule has 1 aromatic heterocycles. The molecule has 0 fully saturated rings. The molecule has 0 aromatic carbocycles. The normalized spacial score (nSPS) is 12.2. The van der Waals surface area contributed by atoms with Gasteiger partial charge in [-0.25, -0.2) is 14.8 Å². The molecule has 0 saturated heterocycles. The molecule has 0 bridgehead atoms. The zero-order valence-corrected chi connectivity index (χ0v) is 10.3. The quantitative estimate of drug-likeness (QED) is 0.734. The van der Waals surface area contributed by atoms with Gasteiger partial charge in [-0.2, -0.15) is 0 Å². The third kappa shape index (κ3) is 3.02. The van der Waals surface area contributed by atoms with E-state index in [0.717, 1.165) is 12.1 Å². The minimum absolute atomic E-state index is 0.329. The van der Waals surface area contributed by atoms with Crippen LogP contribution in [0.4, 0.5) is 0 Å². The zero-order chi connectivity index (χ0) is 12.1. The molecule has 0 aliphatic rings. The van der Waals surface area contributed by atoms with Gasteiger partial charge in [0.15, 0.2) is 5.69 Å². The Morgan fingerprint density at radius 1 is 1.44 bits per heavy atom. The highest BCUT2D eigenvalue weighted by Crippen LogP contribution is 2.17. The van der Waals surface area contributed by atoms with E-state index in [0.29, 0.717) is 24.0 Å². The van der Waals surface area contributed by atoms with Crippen molar-refractivity contribution < 1.29 is 9.53 Å². The summed E-state index contributed by atoms with van der Waals surface area (Å²) in [6, 6.07) is 1.72. The van der Waals surface area contributed by atoms with Crippen molar-refractivity contribution in [2.45, 2.75) is 40.0 Å². The Morgan fingerprint density at radius 2 is 2.12 bits per heavy atom. The standard InChI is InChI=1S/C12H18N2O2/c1-5-8(3)10-7-11(12(15)16-6-2)14-9(4)13-10/h7-8H,5-6H2,1-4H3. The molecule has 0 aliphatic heterocycles. The number of rotatable bonds is 4. The van der Waals surface area contributed by atoms with E-state index < -0.39 is 0 Å². The van der Waals surface area contributed by atoms with Gasteiger partial charge in [0.25, 0.3) is 0 Å². The van der Waals surface area contributed by atoms with Crippen LogP contribution >= 0.6 is 0 Å². The molecule has 0 radical (unpaired) electrons. The Hall–Kier alpha value is -1.45. The Morgan fingerprint density at radius 3 is 2.69 bits per heavy atom. The average molecular weight is 222 g/mol. The van der Waals surface area contributed by atoms with Gasteiger partial charge < -0.3 is 4.74 Å². The SMILES string of the molecule is CCOC(=O)c1cc(C(C)CC)nc(C)n1. The van der Waals surface area contributed by atoms with E-state index in [9.17, 15) is 4.79 Å². The molecule has 0 amide bonds. The van der Waals surface area contributed by atoms with Crippen molar-refractivity contribution in [2.24, 2.45) is 0 Å². The number of esters is 1. The zero-order valence-electron chi connectivity index (χ0n) is 10.3. The number of hydrogen-bond donors (Lipinski definition) is 0. The van der Waals surface area contributed by atoms with E-state index in [1.165, 1.54) is 0 Å². The maximum atomic E-state index is 11.5. The van der Waals surface area contributed by atoms with Gasteiger partial charge >= 0.3 is 5.97 Å². The first-order chi connectivity index (χ1) is 7.58. The summed E-state index contributed by atoms with van der Waals surface area (Å²) in [4.78, 5) is 20.0. The molecule has 88 valence electrons. The first-order valence-corrected chi connectivity index (χ1v) is 5.61. The first kappa shape index (κ1) is 12.6. The monoisotopic (exact) mass is 222 g/mol. The van der Waals surface area contributed by atoms with Gasteiger partial charge in [0.2, 0.25) is 0 Å². The van der Waals surface area contributed by atoms with E-state index in [1.54, 1.807) is 19.9 Å². The molecular weight excluding hydrogens is 204 g/mol. The molecule has 0 spiro atoms. The second-order valence-electron chi connectivity index (χ2n) is 3.76. The summed E-state index contributed by atoms with van der Waals surface area (Å²) >= 11 is 0. The fourth-order valence-corrected chi connectivity index (χ4v) is 1.36. The Balaban J connectivity index is 3.02. The Bertz CT molecular complexity index is 377. The summed E-state index contributed by atoms with van der Waals surface area (Å²) in [7, 11) is 0. The third-order valence-electron chi connectivity index (χ3n) is 2.46. The van der Waals surface area contributed by atoms with Crippen molar-refractivity contribution in [3.05, 3.63) is 23.3 Å². The van der Waals surface area contributed by atoms with Gasteiger partial charge in [-0.05, 0) is 32.3 Å². The van der Waals surface area contributed by atoms with Crippen LogP contribution in [-0.4, -0.2) is 22.5 Å². The number of hydrogen-bond acceptors (Lipinski definition) is 4. The van der Waals surface area contributed by atoms with Gasteiger partial charge in [0.1, 0.15) is 5.82 Å². The highest BCUT2D eigenvalue weighted by Gasteiger charge is 2.13. The second-order valence-corrected chi connectivity index (χ2v) is 3.76. The van der Waals surface area contributed by atoms with E-state index in [4.69, 9.17) is 4.74 Å². The van der Waals surface area contributed by atoms with Crippen molar-refractivity contribution in [2.75, 3.05) is 6.61 Å². The van der Waals surface area contributed by atoms with Gasteiger partial charge in [-0.15, -0.1) is 0 Å². The predicted molar refractivity (Wildman–Crippen MR) is 61.4 cm³/mol.